The molecule has 0 aromatic rings. The Hall–Kier alpha value is -1.10. The Balaban J connectivity index is 2.05. The molecular formula is C13H21NO4. The molecule has 0 aromatic carbocycles. The van der Waals surface area contributed by atoms with E-state index in [2.05, 4.69) is 0 Å². The van der Waals surface area contributed by atoms with Crippen LogP contribution in [-0.2, 0) is 14.3 Å². The average molecular weight is 255 g/mol. The Labute approximate surface area is 107 Å². The van der Waals surface area contributed by atoms with Crippen LogP contribution in [0.25, 0.3) is 0 Å². The zero-order chi connectivity index (χ0) is 13.3. The minimum Gasteiger partial charge on any atom is -0.480 e. The largest absolute Gasteiger partial charge is 0.480 e. The number of hydrogen-bond acceptors (Lipinski definition) is 3. The summed E-state index contributed by atoms with van der Waals surface area (Å²) in [4.78, 5) is 25.1. The standard InChI is InChI=1S/C13H21NO4/c1-8-5-6-14(10(7-8)13(16)17)12(15)11-4-3-9(2)18-11/h8-11H,3-7H2,1-2H3,(H,16,17). The molecule has 0 aliphatic carbocycles. The molecule has 0 bridgehead atoms. The molecule has 0 aromatic heterocycles. The van der Waals surface area contributed by atoms with Crippen LogP contribution in [0.4, 0.5) is 0 Å². The highest BCUT2D eigenvalue weighted by atomic mass is 16.5. The van der Waals surface area contributed by atoms with Crippen molar-refractivity contribution in [2.24, 2.45) is 5.92 Å². The second-order valence-electron chi connectivity index (χ2n) is 5.53. The summed E-state index contributed by atoms with van der Waals surface area (Å²) in [6, 6.07) is -0.680. The van der Waals surface area contributed by atoms with Crippen LogP contribution in [0.1, 0.15) is 39.5 Å². The summed E-state index contributed by atoms with van der Waals surface area (Å²) in [7, 11) is 0. The molecule has 0 saturated carbocycles. The van der Waals surface area contributed by atoms with E-state index in [-0.39, 0.29) is 12.0 Å². The number of carbonyl (C=O) groups excluding carboxylic acids is 1. The number of carboxylic acids is 1. The molecule has 1 N–H and O–H groups in total. The first-order chi connectivity index (χ1) is 8.49. The third-order valence-corrected chi connectivity index (χ3v) is 3.94. The van der Waals surface area contributed by atoms with Gasteiger partial charge in [0.05, 0.1) is 6.10 Å². The lowest BCUT2D eigenvalue weighted by atomic mass is 9.92. The molecule has 2 aliphatic rings. The van der Waals surface area contributed by atoms with Gasteiger partial charge >= 0.3 is 5.97 Å². The van der Waals surface area contributed by atoms with E-state index in [4.69, 9.17) is 4.74 Å². The van der Waals surface area contributed by atoms with Gasteiger partial charge < -0.3 is 14.7 Å². The maximum atomic E-state index is 12.3. The molecule has 2 saturated heterocycles. The number of carboxylic acid groups (broad SMARTS) is 1. The molecule has 2 heterocycles. The number of rotatable bonds is 2. The summed E-state index contributed by atoms with van der Waals surface area (Å²) < 4.78 is 5.55. The number of nitrogens with zero attached hydrogens (tertiary/aromatic N) is 1. The predicted octanol–water partition coefficient (Wildman–Crippen LogP) is 1.27. The fourth-order valence-electron chi connectivity index (χ4n) is 2.81. The van der Waals surface area contributed by atoms with Gasteiger partial charge in [-0.05, 0) is 38.5 Å². The molecular weight excluding hydrogens is 234 g/mol. The van der Waals surface area contributed by atoms with Crippen LogP contribution in [0.5, 0.6) is 0 Å². The third kappa shape index (κ3) is 2.66. The number of aliphatic carboxylic acids is 1. The first-order valence-electron chi connectivity index (χ1n) is 6.67. The maximum Gasteiger partial charge on any atom is 0.326 e. The predicted molar refractivity (Wildman–Crippen MR) is 65.1 cm³/mol. The number of hydrogen-bond donors (Lipinski definition) is 1. The van der Waals surface area contributed by atoms with E-state index in [9.17, 15) is 14.7 Å². The first-order valence-corrected chi connectivity index (χ1v) is 6.67. The molecule has 0 radical (unpaired) electrons. The number of likely N-dealkylation sites (tertiary alicyclic amines) is 1. The van der Waals surface area contributed by atoms with Crippen molar-refractivity contribution >= 4 is 11.9 Å². The summed E-state index contributed by atoms with van der Waals surface area (Å²) in [6.07, 6.45) is 2.67. The van der Waals surface area contributed by atoms with Crippen molar-refractivity contribution in [2.45, 2.75) is 57.8 Å². The van der Waals surface area contributed by atoms with Crippen molar-refractivity contribution < 1.29 is 19.4 Å². The van der Waals surface area contributed by atoms with E-state index in [1.54, 1.807) is 0 Å². The van der Waals surface area contributed by atoms with Crippen molar-refractivity contribution in [3.63, 3.8) is 0 Å². The number of amides is 1. The van der Waals surface area contributed by atoms with Crippen molar-refractivity contribution in [3.8, 4) is 0 Å². The Kier molecular flexibility index (Phi) is 3.90. The van der Waals surface area contributed by atoms with Gasteiger partial charge in [-0.15, -0.1) is 0 Å². The van der Waals surface area contributed by atoms with Crippen LogP contribution in [-0.4, -0.2) is 46.7 Å². The van der Waals surface area contributed by atoms with Gasteiger partial charge in [0.2, 0.25) is 0 Å². The van der Waals surface area contributed by atoms with E-state index in [1.807, 2.05) is 13.8 Å². The van der Waals surface area contributed by atoms with E-state index >= 15 is 0 Å². The van der Waals surface area contributed by atoms with Gasteiger partial charge in [-0.25, -0.2) is 4.79 Å². The third-order valence-electron chi connectivity index (χ3n) is 3.94. The number of carbonyl (C=O) groups is 2. The van der Waals surface area contributed by atoms with Crippen molar-refractivity contribution in [3.05, 3.63) is 0 Å². The zero-order valence-electron chi connectivity index (χ0n) is 11.0. The molecule has 18 heavy (non-hydrogen) atoms. The second-order valence-corrected chi connectivity index (χ2v) is 5.53. The van der Waals surface area contributed by atoms with E-state index in [1.165, 1.54) is 4.90 Å². The Morgan fingerprint density at radius 2 is 1.94 bits per heavy atom. The monoisotopic (exact) mass is 255 g/mol. The molecule has 2 rings (SSSR count). The van der Waals surface area contributed by atoms with Crippen LogP contribution >= 0.6 is 0 Å². The molecule has 0 spiro atoms. The lowest BCUT2D eigenvalue weighted by Crippen LogP contribution is -2.52. The molecule has 2 aliphatic heterocycles. The molecule has 4 unspecified atom stereocenters. The van der Waals surface area contributed by atoms with Crippen molar-refractivity contribution in [2.75, 3.05) is 6.54 Å². The second kappa shape index (κ2) is 5.26. The highest BCUT2D eigenvalue weighted by Gasteiger charge is 2.39. The Bertz CT molecular complexity index is 344. The van der Waals surface area contributed by atoms with Crippen LogP contribution in [0.3, 0.4) is 0 Å². The molecule has 2 fully saturated rings. The van der Waals surface area contributed by atoms with Gasteiger partial charge in [0.25, 0.3) is 5.91 Å². The van der Waals surface area contributed by atoms with Crippen LogP contribution in [0.2, 0.25) is 0 Å². The minimum absolute atomic E-state index is 0.103. The maximum absolute atomic E-state index is 12.3. The highest BCUT2D eigenvalue weighted by Crippen LogP contribution is 2.27. The Morgan fingerprint density at radius 3 is 2.50 bits per heavy atom. The quantitative estimate of drug-likeness (QED) is 0.806. The fraction of sp³-hybridized carbons (Fsp3) is 0.846. The topological polar surface area (TPSA) is 66.8 Å². The zero-order valence-corrected chi connectivity index (χ0v) is 11.0. The molecule has 5 heteroatoms. The first kappa shape index (κ1) is 13.3. The fourth-order valence-corrected chi connectivity index (χ4v) is 2.81. The van der Waals surface area contributed by atoms with E-state index in [0.717, 1.165) is 12.8 Å². The lowest BCUT2D eigenvalue weighted by molar-refractivity contribution is -0.158. The normalized spacial score (nSPS) is 36.7. The molecule has 4 atom stereocenters. The average Bonchev–Trinajstić information content (AvgIpc) is 2.75. The van der Waals surface area contributed by atoms with Crippen LogP contribution in [0.15, 0.2) is 0 Å². The summed E-state index contributed by atoms with van der Waals surface area (Å²) in [5.74, 6) is -0.682. The van der Waals surface area contributed by atoms with Crippen LogP contribution < -0.4 is 0 Å². The number of piperidine rings is 1. The summed E-state index contributed by atoms with van der Waals surface area (Å²) >= 11 is 0. The Morgan fingerprint density at radius 1 is 1.22 bits per heavy atom. The van der Waals surface area contributed by atoms with Gasteiger partial charge in [0.15, 0.2) is 0 Å². The van der Waals surface area contributed by atoms with Crippen molar-refractivity contribution in [1.29, 1.82) is 0 Å². The van der Waals surface area contributed by atoms with Gasteiger partial charge in [0.1, 0.15) is 12.1 Å². The van der Waals surface area contributed by atoms with Gasteiger partial charge in [-0.3, -0.25) is 4.79 Å². The van der Waals surface area contributed by atoms with Crippen molar-refractivity contribution in [1.82, 2.24) is 4.90 Å². The van der Waals surface area contributed by atoms with Crippen LogP contribution in [0, 0.1) is 5.92 Å². The van der Waals surface area contributed by atoms with Gasteiger partial charge in [0, 0.05) is 6.54 Å². The lowest BCUT2D eigenvalue weighted by Gasteiger charge is -2.37. The number of ether oxygens (including phenoxy) is 1. The SMILES string of the molecule is CC1CCN(C(=O)C2CCC(C)O2)C(C(=O)O)C1. The van der Waals surface area contributed by atoms with Gasteiger partial charge in [-0.1, -0.05) is 6.92 Å². The summed E-state index contributed by atoms with van der Waals surface area (Å²) in [6.45, 7) is 4.51. The summed E-state index contributed by atoms with van der Waals surface area (Å²) in [5.41, 5.74) is 0. The molecule has 5 nitrogen and oxygen atoms in total. The van der Waals surface area contributed by atoms with E-state index in [0.29, 0.717) is 25.3 Å². The van der Waals surface area contributed by atoms with Gasteiger partial charge in [-0.2, -0.15) is 0 Å². The minimum atomic E-state index is -0.902. The summed E-state index contributed by atoms with van der Waals surface area (Å²) in [5, 5.41) is 9.24. The van der Waals surface area contributed by atoms with E-state index < -0.39 is 18.1 Å². The molecule has 1 amide bonds. The smallest absolute Gasteiger partial charge is 0.326 e. The molecule has 102 valence electrons. The highest BCUT2D eigenvalue weighted by molar-refractivity contribution is 5.86.